The molecule has 0 saturated heterocycles. The fourth-order valence-corrected chi connectivity index (χ4v) is 3.98. The Morgan fingerprint density at radius 1 is 1.24 bits per heavy atom. The molecule has 118 valence electrons. The minimum atomic E-state index is -3.53. The molecule has 5 nitrogen and oxygen atoms in total. The first-order chi connectivity index (χ1) is 10.0. The highest BCUT2D eigenvalue weighted by Crippen LogP contribution is 2.24. The number of aliphatic hydroxyl groups is 1. The van der Waals surface area contributed by atoms with Gasteiger partial charge in [-0.05, 0) is 24.3 Å². The Hall–Kier alpha value is -0.950. The Morgan fingerprint density at radius 2 is 1.90 bits per heavy atom. The van der Waals surface area contributed by atoms with Crippen LogP contribution in [0.5, 0.6) is 0 Å². The lowest BCUT2D eigenvalue weighted by Crippen LogP contribution is -2.48. The van der Waals surface area contributed by atoms with Crippen molar-refractivity contribution in [3.05, 3.63) is 35.9 Å². The number of nitrogens with zero attached hydrogens (tertiary/aromatic N) is 1. The third kappa shape index (κ3) is 4.51. The molecule has 0 heterocycles. The van der Waals surface area contributed by atoms with Gasteiger partial charge in [-0.3, -0.25) is 0 Å². The second kappa shape index (κ2) is 7.35. The third-order valence-electron chi connectivity index (χ3n) is 4.10. The molecule has 1 aromatic rings. The normalized spacial score (nSPS) is 23.4. The van der Waals surface area contributed by atoms with Gasteiger partial charge in [0.2, 0.25) is 0 Å². The van der Waals surface area contributed by atoms with Crippen LogP contribution in [0, 0.1) is 5.92 Å². The van der Waals surface area contributed by atoms with E-state index in [2.05, 4.69) is 4.72 Å². The largest absolute Gasteiger partial charge is 0.396 e. The van der Waals surface area contributed by atoms with Crippen molar-refractivity contribution in [1.29, 1.82) is 0 Å². The zero-order valence-electron chi connectivity index (χ0n) is 12.4. The van der Waals surface area contributed by atoms with Crippen LogP contribution >= 0.6 is 0 Å². The third-order valence-corrected chi connectivity index (χ3v) is 5.65. The van der Waals surface area contributed by atoms with Crippen molar-refractivity contribution in [3.63, 3.8) is 0 Å². The van der Waals surface area contributed by atoms with Crippen LogP contribution in [-0.4, -0.2) is 37.5 Å². The second-order valence-electron chi connectivity index (χ2n) is 5.70. The number of benzene rings is 1. The maximum absolute atomic E-state index is 12.4. The van der Waals surface area contributed by atoms with Gasteiger partial charge in [-0.25, -0.2) is 0 Å². The van der Waals surface area contributed by atoms with Gasteiger partial charge in [0, 0.05) is 26.2 Å². The SMILES string of the molecule is CN(Cc1ccccc1)S(=O)(=O)NC1CCCCC1CO. The number of nitrogens with one attached hydrogen (secondary N) is 1. The summed E-state index contributed by atoms with van der Waals surface area (Å²) in [6.07, 6.45) is 3.74. The molecule has 1 saturated carbocycles. The Labute approximate surface area is 127 Å². The first-order valence-electron chi connectivity index (χ1n) is 7.41. The average Bonchev–Trinajstić information content (AvgIpc) is 2.48. The van der Waals surface area contributed by atoms with E-state index in [0.717, 1.165) is 31.2 Å². The predicted molar refractivity (Wildman–Crippen MR) is 82.8 cm³/mol. The summed E-state index contributed by atoms with van der Waals surface area (Å²) >= 11 is 0. The topological polar surface area (TPSA) is 69.6 Å². The molecule has 2 rings (SSSR count). The van der Waals surface area contributed by atoms with Crippen LogP contribution in [0.25, 0.3) is 0 Å². The van der Waals surface area contributed by atoms with E-state index in [-0.39, 0.29) is 18.6 Å². The fourth-order valence-electron chi connectivity index (χ4n) is 2.79. The summed E-state index contributed by atoms with van der Waals surface area (Å²) in [5.41, 5.74) is 0.952. The fraction of sp³-hybridized carbons (Fsp3) is 0.600. The van der Waals surface area contributed by atoms with Crippen molar-refractivity contribution in [2.24, 2.45) is 5.92 Å². The predicted octanol–water partition coefficient (Wildman–Crippen LogP) is 1.50. The van der Waals surface area contributed by atoms with Gasteiger partial charge in [-0.1, -0.05) is 43.2 Å². The monoisotopic (exact) mass is 312 g/mol. The summed E-state index contributed by atoms with van der Waals surface area (Å²) in [4.78, 5) is 0. The quantitative estimate of drug-likeness (QED) is 0.836. The van der Waals surface area contributed by atoms with E-state index < -0.39 is 10.2 Å². The molecule has 6 heteroatoms. The maximum Gasteiger partial charge on any atom is 0.279 e. The highest BCUT2D eigenvalue weighted by atomic mass is 32.2. The summed E-state index contributed by atoms with van der Waals surface area (Å²) in [5.74, 6) is 0.0265. The Kier molecular flexibility index (Phi) is 5.75. The summed E-state index contributed by atoms with van der Waals surface area (Å²) < 4.78 is 28.9. The van der Waals surface area contributed by atoms with Gasteiger partial charge in [-0.2, -0.15) is 17.4 Å². The minimum Gasteiger partial charge on any atom is -0.396 e. The van der Waals surface area contributed by atoms with E-state index >= 15 is 0 Å². The Morgan fingerprint density at radius 3 is 2.57 bits per heavy atom. The van der Waals surface area contributed by atoms with E-state index in [1.807, 2.05) is 30.3 Å². The van der Waals surface area contributed by atoms with Crippen LogP contribution in [0.15, 0.2) is 30.3 Å². The molecule has 2 unspecified atom stereocenters. The molecule has 1 aromatic carbocycles. The van der Waals surface area contributed by atoms with Gasteiger partial charge in [0.25, 0.3) is 10.2 Å². The smallest absolute Gasteiger partial charge is 0.279 e. The van der Waals surface area contributed by atoms with Crippen LogP contribution in [-0.2, 0) is 16.8 Å². The lowest BCUT2D eigenvalue weighted by atomic mass is 9.86. The lowest BCUT2D eigenvalue weighted by Gasteiger charge is -2.32. The van der Waals surface area contributed by atoms with E-state index in [1.165, 1.54) is 4.31 Å². The summed E-state index contributed by atoms with van der Waals surface area (Å²) in [7, 11) is -1.95. The second-order valence-corrected chi connectivity index (χ2v) is 7.51. The highest BCUT2D eigenvalue weighted by Gasteiger charge is 2.30. The van der Waals surface area contributed by atoms with Crippen molar-refractivity contribution in [2.75, 3.05) is 13.7 Å². The molecule has 0 spiro atoms. The Bertz CT molecular complexity index is 533. The zero-order chi connectivity index (χ0) is 15.3. The molecular formula is C15H24N2O3S. The first-order valence-corrected chi connectivity index (χ1v) is 8.85. The van der Waals surface area contributed by atoms with Crippen molar-refractivity contribution in [3.8, 4) is 0 Å². The number of rotatable bonds is 6. The highest BCUT2D eigenvalue weighted by molar-refractivity contribution is 7.87. The summed E-state index contributed by atoms with van der Waals surface area (Å²) in [5, 5.41) is 9.38. The molecule has 1 aliphatic rings. The van der Waals surface area contributed by atoms with Crippen molar-refractivity contribution in [1.82, 2.24) is 9.03 Å². The van der Waals surface area contributed by atoms with E-state index in [9.17, 15) is 13.5 Å². The zero-order valence-corrected chi connectivity index (χ0v) is 13.2. The minimum absolute atomic E-state index is 0.0265. The van der Waals surface area contributed by atoms with Gasteiger partial charge >= 0.3 is 0 Å². The molecule has 0 amide bonds. The van der Waals surface area contributed by atoms with E-state index in [0.29, 0.717) is 6.54 Å². The molecule has 0 aliphatic heterocycles. The van der Waals surface area contributed by atoms with Gasteiger partial charge in [-0.15, -0.1) is 0 Å². The van der Waals surface area contributed by atoms with Gasteiger partial charge in [0.1, 0.15) is 0 Å². The number of aliphatic hydroxyl groups excluding tert-OH is 1. The molecule has 0 bridgehead atoms. The first kappa shape index (κ1) is 16.4. The van der Waals surface area contributed by atoms with Crippen LogP contribution in [0.1, 0.15) is 31.2 Å². The molecule has 1 aliphatic carbocycles. The van der Waals surface area contributed by atoms with Crippen LogP contribution in [0.2, 0.25) is 0 Å². The molecule has 21 heavy (non-hydrogen) atoms. The number of hydrogen-bond donors (Lipinski definition) is 2. The molecular weight excluding hydrogens is 288 g/mol. The summed E-state index contributed by atoms with van der Waals surface area (Å²) in [6, 6.07) is 9.35. The maximum atomic E-state index is 12.4. The molecule has 0 aromatic heterocycles. The van der Waals surface area contributed by atoms with E-state index in [1.54, 1.807) is 7.05 Å². The van der Waals surface area contributed by atoms with E-state index in [4.69, 9.17) is 0 Å². The van der Waals surface area contributed by atoms with Gasteiger partial charge in [0.15, 0.2) is 0 Å². The van der Waals surface area contributed by atoms with Crippen LogP contribution < -0.4 is 4.72 Å². The molecule has 0 radical (unpaired) electrons. The van der Waals surface area contributed by atoms with Gasteiger partial charge < -0.3 is 5.11 Å². The summed E-state index contributed by atoms with van der Waals surface area (Å²) in [6.45, 7) is 0.377. The molecule has 2 atom stereocenters. The average molecular weight is 312 g/mol. The van der Waals surface area contributed by atoms with Crippen molar-refractivity contribution < 1.29 is 13.5 Å². The van der Waals surface area contributed by atoms with Crippen molar-refractivity contribution in [2.45, 2.75) is 38.3 Å². The van der Waals surface area contributed by atoms with Crippen LogP contribution in [0.4, 0.5) is 0 Å². The standard InChI is InChI=1S/C15H24N2O3S/c1-17(11-13-7-3-2-4-8-13)21(19,20)16-15-10-6-5-9-14(15)12-18/h2-4,7-8,14-16,18H,5-6,9-12H2,1H3. The van der Waals surface area contributed by atoms with Crippen LogP contribution in [0.3, 0.4) is 0 Å². The van der Waals surface area contributed by atoms with Gasteiger partial charge in [0.05, 0.1) is 0 Å². The van der Waals surface area contributed by atoms with Crippen molar-refractivity contribution >= 4 is 10.2 Å². The Balaban J connectivity index is 2.00. The lowest BCUT2D eigenvalue weighted by molar-refractivity contribution is 0.163. The molecule has 2 N–H and O–H groups in total. The molecule has 1 fully saturated rings. The number of hydrogen-bond acceptors (Lipinski definition) is 3.